The maximum absolute atomic E-state index is 13.0. The summed E-state index contributed by atoms with van der Waals surface area (Å²) < 4.78 is 0. The van der Waals surface area contributed by atoms with E-state index in [9.17, 15) is 28.8 Å². The molecule has 2 heterocycles. The fraction of sp³-hybridized carbons (Fsp3) is 0.667. The average molecular weight is 441 g/mol. The van der Waals surface area contributed by atoms with Crippen LogP contribution in [0.1, 0.15) is 38.5 Å². The molecule has 4 unspecified atom stereocenters. The van der Waals surface area contributed by atoms with Crippen LogP contribution in [0.25, 0.3) is 0 Å². The molecule has 0 saturated carbocycles. The van der Waals surface area contributed by atoms with E-state index in [1.807, 2.05) is 0 Å². The Bertz CT molecular complexity index is 751. The number of amides is 4. The monoisotopic (exact) mass is 441 g/mol. The lowest BCUT2D eigenvalue weighted by molar-refractivity contribution is -0.148. The van der Waals surface area contributed by atoms with Crippen molar-refractivity contribution in [3.8, 4) is 0 Å². The predicted octanol–water partition coefficient (Wildman–Crippen LogP) is -2.87. The minimum Gasteiger partial charge on any atom is -0.481 e. The first kappa shape index (κ1) is 24.1. The van der Waals surface area contributed by atoms with E-state index < -0.39 is 72.6 Å². The van der Waals surface area contributed by atoms with E-state index in [-0.39, 0.29) is 13.0 Å². The number of hydrogen-bond donors (Lipinski definition) is 6. The summed E-state index contributed by atoms with van der Waals surface area (Å²) in [5, 5.41) is 25.6. The quantitative estimate of drug-likeness (QED) is 0.206. The molecule has 2 rings (SSSR count). The van der Waals surface area contributed by atoms with Gasteiger partial charge in [-0.2, -0.15) is 0 Å². The van der Waals surface area contributed by atoms with Gasteiger partial charge >= 0.3 is 11.9 Å². The number of aliphatic carboxylic acids is 2. The van der Waals surface area contributed by atoms with E-state index in [0.29, 0.717) is 19.4 Å². The third kappa shape index (κ3) is 6.64. The van der Waals surface area contributed by atoms with E-state index in [1.165, 1.54) is 0 Å². The molecule has 4 amide bonds. The molecule has 13 heteroatoms. The highest BCUT2D eigenvalue weighted by Crippen LogP contribution is 2.20. The topological polar surface area (TPSA) is 208 Å². The van der Waals surface area contributed by atoms with Crippen molar-refractivity contribution in [3.63, 3.8) is 0 Å². The summed E-state index contributed by atoms with van der Waals surface area (Å²) in [6.07, 6.45) is 0.746. The van der Waals surface area contributed by atoms with Crippen LogP contribution >= 0.6 is 0 Å². The van der Waals surface area contributed by atoms with Crippen molar-refractivity contribution in [1.29, 1.82) is 0 Å². The highest BCUT2D eigenvalue weighted by molar-refractivity contribution is 5.96. The molecular weight excluding hydrogens is 414 g/mol. The first-order chi connectivity index (χ1) is 14.6. The predicted molar refractivity (Wildman–Crippen MR) is 103 cm³/mol. The molecule has 7 N–H and O–H groups in total. The lowest BCUT2D eigenvalue weighted by Crippen LogP contribution is -2.57. The number of primary amides is 1. The van der Waals surface area contributed by atoms with Crippen molar-refractivity contribution >= 4 is 35.6 Å². The Hall–Kier alpha value is -3.22. The van der Waals surface area contributed by atoms with Gasteiger partial charge in [0.25, 0.3) is 0 Å². The number of rotatable bonds is 10. The first-order valence-electron chi connectivity index (χ1n) is 9.97. The van der Waals surface area contributed by atoms with Gasteiger partial charge in [0.05, 0.1) is 18.9 Å². The van der Waals surface area contributed by atoms with Gasteiger partial charge in [-0.3, -0.25) is 24.0 Å². The van der Waals surface area contributed by atoms with Gasteiger partial charge in [0.2, 0.25) is 23.6 Å². The van der Waals surface area contributed by atoms with Gasteiger partial charge in [-0.15, -0.1) is 0 Å². The number of hydrogen-bond acceptors (Lipinski definition) is 7. The Morgan fingerprint density at radius 2 is 1.65 bits per heavy atom. The minimum absolute atomic E-state index is 0.153. The van der Waals surface area contributed by atoms with Gasteiger partial charge < -0.3 is 36.8 Å². The zero-order valence-electron chi connectivity index (χ0n) is 16.8. The number of carboxylic acid groups (broad SMARTS) is 2. The highest BCUT2D eigenvalue weighted by atomic mass is 16.4. The summed E-state index contributed by atoms with van der Waals surface area (Å²) >= 11 is 0. The SMILES string of the molecule is NC(=O)CC(NC(=O)C1CCCN1)C(=O)N1CCCC1C(=O)NC(CC(=O)O)C(=O)O. The maximum Gasteiger partial charge on any atom is 0.326 e. The largest absolute Gasteiger partial charge is 0.481 e. The second-order valence-electron chi connectivity index (χ2n) is 7.57. The molecule has 172 valence electrons. The van der Waals surface area contributed by atoms with Crippen LogP contribution in [0, 0.1) is 0 Å². The summed E-state index contributed by atoms with van der Waals surface area (Å²) in [4.78, 5) is 72.7. The number of carboxylic acids is 2. The fourth-order valence-corrected chi connectivity index (χ4v) is 3.73. The molecule has 0 aliphatic carbocycles. The lowest BCUT2D eigenvalue weighted by Gasteiger charge is -2.29. The third-order valence-corrected chi connectivity index (χ3v) is 5.23. The molecule has 0 bridgehead atoms. The minimum atomic E-state index is -1.66. The summed E-state index contributed by atoms with van der Waals surface area (Å²) in [6.45, 7) is 0.808. The Labute approximate surface area is 177 Å². The van der Waals surface area contributed by atoms with Crippen LogP contribution in [0.4, 0.5) is 0 Å². The van der Waals surface area contributed by atoms with E-state index in [1.54, 1.807) is 0 Å². The lowest BCUT2D eigenvalue weighted by atomic mass is 10.1. The van der Waals surface area contributed by atoms with E-state index >= 15 is 0 Å². The molecule has 31 heavy (non-hydrogen) atoms. The van der Waals surface area contributed by atoms with E-state index in [2.05, 4.69) is 16.0 Å². The van der Waals surface area contributed by atoms with Crippen molar-refractivity contribution in [1.82, 2.24) is 20.9 Å². The number of carbonyl (C=O) groups is 6. The Kier molecular flexibility index (Phi) is 8.30. The van der Waals surface area contributed by atoms with Crippen LogP contribution < -0.4 is 21.7 Å². The molecule has 0 spiro atoms. The molecule has 0 radical (unpaired) electrons. The zero-order valence-corrected chi connectivity index (χ0v) is 16.8. The molecule has 0 aromatic rings. The second kappa shape index (κ2) is 10.7. The molecule has 2 saturated heterocycles. The number of nitrogens with two attached hydrogens (primary N) is 1. The Balaban J connectivity index is 2.10. The normalized spacial score (nSPS) is 22.4. The Morgan fingerprint density at radius 1 is 0.968 bits per heavy atom. The summed E-state index contributed by atoms with van der Waals surface area (Å²) in [5.74, 6) is -5.70. The van der Waals surface area contributed by atoms with Crippen LogP contribution in [-0.4, -0.2) is 87.9 Å². The van der Waals surface area contributed by atoms with Crippen molar-refractivity contribution in [3.05, 3.63) is 0 Å². The first-order valence-corrected chi connectivity index (χ1v) is 9.97. The third-order valence-electron chi connectivity index (χ3n) is 5.23. The van der Waals surface area contributed by atoms with Gasteiger partial charge in [0, 0.05) is 6.54 Å². The van der Waals surface area contributed by atoms with Crippen molar-refractivity contribution < 1.29 is 39.0 Å². The number of carbonyl (C=O) groups excluding carboxylic acids is 4. The summed E-state index contributed by atoms with van der Waals surface area (Å²) in [6, 6.07) is -4.47. The van der Waals surface area contributed by atoms with Gasteiger partial charge in [0.1, 0.15) is 18.1 Å². The smallest absolute Gasteiger partial charge is 0.326 e. The molecule has 0 aromatic carbocycles. The molecule has 2 aliphatic rings. The highest BCUT2D eigenvalue weighted by Gasteiger charge is 2.40. The van der Waals surface area contributed by atoms with Gasteiger partial charge in [-0.1, -0.05) is 0 Å². The molecule has 4 atom stereocenters. The molecular formula is C18H27N5O8. The van der Waals surface area contributed by atoms with Crippen molar-refractivity contribution in [2.45, 2.75) is 62.7 Å². The van der Waals surface area contributed by atoms with Crippen LogP contribution in [0.15, 0.2) is 0 Å². The zero-order chi connectivity index (χ0) is 23.1. The fourth-order valence-electron chi connectivity index (χ4n) is 3.73. The molecule has 0 aromatic heterocycles. The average Bonchev–Trinajstić information content (AvgIpc) is 3.37. The number of likely N-dealkylation sites (tertiary alicyclic amines) is 1. The second-order valence-corrected chi connectivity index (χ2v) is 7.57. The van der Waals surface area contributed by atoms with Crippen LogP contribution in [-0.2, 0) is 28.8 Å². The van der Waals surface area contributed by atoms with E-state index in [4.69, 9.17) is 15.9 Å². The van der Waals surface area contributed by atoms with Crippen LogP contribution in [0.3, 0.4) is 0 Å². The number of nitrogens with zero attached hydrogens (tertiary/aromatic N) is 1. The van der Waals surface area contributed by atoms with E-state index in [0.717, 1.165) is 11.3 Å². The van der Waals surface area contributed by atoms with Gasteiger partial charge in [0.15, 0.2) is 0 Å². The van der Waals surface area contributed by atoms with Gasteiger partial charge in [-0.05, 0) is 32.2 Å². The molecule has 2 aliphatic heterocycles. The maximum atomic E-state index is 13.0. The number of nitrogens with one attached hydrogen (secondary N) is 3. The molecule has 2 fully saturated rings. The van der Waals surface area contributed by atoms with Crippen molar-refractivity contribution in [2.24, 2.45) is 5.73 Å². The van der Waals surface area contributed by atoms with Gasteiger partial charge in [-0.25, -0.2) is 4.79 Å². The standard InChI is InChI=1S/C18H27N5O8/c19-13(24)7-10(21-15(27)9-3-1-5-20-9)17(29)23-6-2-4-12(23)16(28)22-11(18(30)31)8-14(25)26/h9-12,20H,1-8H2,(H2,19,24)(H,21,27)(H,22,28)(H,25,26)(H,30,31). The summed E-state index contributed by atoms with van der Waals surface area (Å²) in [5.41, 5.74) is 5.22. The molecule has 13 nitrogen and oxygen atoms in total. The van der Waals surface area contributed by atoms with Crippen LogP contribution in [0.2, 0.25) is 0 Å². The summed E-state index contributed by atoms with van der Waals surface area (Å²) in [7, 11) is 0. The Morgan fingerprint density at radius 3 is 2.19 bits per heavy atom. The van der Waals surface area contributed by atoms with Crippen LogP contribution in [0.5, 0.6) is 0 Å². The van der Waals surface area contributed by atoms with Crippen molar-refractivity contribution in [2.75, 3.05) is 13.1 Å².